The predicted molar refractivity (Wildman–Crippen MR) is 356 cm³/mol. The second kappa shape index (κ2) is 30.0. The molecule has 1 aliphatic rings. The van der Waals surface area contributed by atoms with Crippen molar-refractivity contribution in [1.82, 2.24) is 0 Å². The first-order valence-corrected chi connectivity index (χ1v) is 40.1. The molecular formula is C72H114O8Si3. The van der Waals surface area contributed by atoms with Crippen LogP contribution in [0.4, 0.5) is 0 Å². The van der Waals surface area contributed by atoms with Crippen LogP contribution < -0.4 is 4.74 Å². The molecule has 0 spiro atoms. The summed E-state index contributed by atoms with van der Waals surface area (Å²) in [6, 6.07) is 39.7. The molecule has 1 fully saturated rings. The van der Waals surface area contributed by atoms with Gasteiger partial charge < -0.3 is 37.3 Å². The van der Waals surface area contributed by atoms with Gasteiger partial charge in [-0.25, -0.2) is 0 Å². The third-order valence-corrected chi connectivity index (χ3v) is 33.0. The van der Waals surface area contributed by atoms with Crippen LogP contribution in [0.25, 0.3) is 0 Å². The summed E-state index contributed by atoms with van der Waals surface area (Å²) in [6.45, 7) is 50.0. The number of benzene rings is 4. The van der Waals surface area contributed by atoms with Gasteiger partial charge in [-0.05, 0) is 126 Å². The highest BCUT2D eigenvalue weighted by molar-refractivity contribution is 6.75. The number of rotatable bonds is 29. The first kappa shape index (κ1) is 70.3. The highest BCUT2D eigenvalue weighted by Crippen LogP contribution is 2.45. The quantitative estimate of drug-likeness (QED) is 0.0327. The minimum Gasteiger partial charge on any atom is -0.497 e. The van der Waals surface area contributed by atoms with Gasteiger partial charge in [0.05, 0.1) is 50.8 Å². The topological polar surface area (TPSA) is 84.8 Å². The van der Waals surface area contributed by atoms with Crippen molar-refractivity contribution in [2.75, 3.05) is 20.3 Å². The molecule has 83 heavy (non-hydrogen) atoms. The Balaban J connectivity index is 1.40. The predicted octanol–water partition coefficient (Wildman–Crippen LogP) is 19.1. The van der Waals surface area contributed by atoms with Gasteiger partial charge >= 0.3 is 0 Å². The molecule has 1 aliphatic heterocycles. The molecule has 5 rings (SSSR count). The summed E-state index contributed by atoms with van der Waals surface area (Å²) in [7, 11) is -5.09. The van der Waals surface area contributed by atoms with Crippen LogP contribution in [0.15, 0.2) is 140 Å². The highest BCUT2D eigenvalue weighted by Gasteiger charge is 2.45. The fourth-order valence-electron chi connectivity index (χ4n) is 10.9. The molecule has 0 radical (unpaired) electrons. The minimum atomic E-state index is -2.28. The van der Waals surface area contributed by atoms with Gasteiger partial charge in [-0.2, -0.15) is 0 Å². The summed E-state index contributed by atoms with van der Waals surface area (Å²) in [5.74, 6) is 1.73. The van der Waals surface area contributed by atoms with Crippen molar-refractivity contribution >= 4 is 25.0 Å². The first-order valence-electron chi connectivity index (χ1n) is 31.4. The van der Waals surface area contributed by atoms with Crippen molar-refractivity contribution in [3.8, 4) is 5.75 Å². The molecule has 1 heterocycles. The van der Waals surface area contributed by atoms with E-state index < -0.39 is 42.9 Å². The Bertz CT molecular complexity index is 2470. The maximum absolute atomic E-state index is 11.8. The van der Waals surface area contributed by atoms with E-state index in [1.54, 1.807) is 7.11 Å². The molecule has 1 N–H and O–H groups in total. The van der Waals surface area contributed by atoms with Crippen molar-refractivity contribution in [3.05, 3.63) is 162 Å². The van der Waals surface area contributed by atoms with Crippen molar-refractivity contribution in [3.63, 3.8) is 0 Å². The summed E-state index contributed by atoms with van der Waals surface area (Å²) in [6.07, 6.45) is 11.3. The average molecular weight is 1190 g/mol. The minimum absolute atomic E-state index is 0.00532. The molecule has 8 nitrogen and oxygen atoms in total. The van der Waals surface area contributed by atoms with Crippen LogP contribution in [-0.4, -0.2) is 80.9 Å². The van der Waals surface area contributed by atoms with E-state index in [9.17, 15) is 5.11 Å². The van der Waals surface area contributed by atoms with Gasteiger partial charge in [-0.3, -0.25) is 0 Å². The SMILES string of the molecule is COc1ccc(C2OC[C@H](C)[C@@H]([C@@H](C)[C@H](O)CC[C@H](C)C[C@@H](C)[C@@H](O[Si](C)(C)C(C)(C)C)[C@@H](C)/C=C\[C@H](C[C@H](O[Si](C)(C)C(C)(C)C)[C@@H](C)/C=C/COC(c3ccccc3)(c3ccccc3)c3ccccc3)O[Si](C)(C)C(C)(C)C)O2)cc1. The molecule has 0 aliphatic carbocycles. The van der Waals surface area contributed by atoms with E-state index >= 15 is 0 Å². The monoisotopic (exact) mass is 1190 g/mol. The van der Waals surface area contributed by atoms with Gasteiger partial charge in [0.15, 0.2) is 31.2 Å². The van der Waals surface area contributed by atoms with Gasteiger partial charge in [0.25, 0.3) is 0 Å². The van der Waals surface area contributed by atoms with Crippen LogP contribution >= 0.6 is 0 Å². The molecule has 1 unspecified atom stereocenters. The molecule has 0 aromatic heterocycles. The molecule has 1 saturated heterocycles. The normalized spacial score (nSPS) is 20.6. The summed E-state index contributed by atoms with van der Waals surface area (Å²) in [4.78, 5) is 0. The average Bonchev–Trinajstić information content (AvgIpc) is 3.48. The maximum Gasteiger partial charge on any atom is 0.192 e. The molecule has 0 saturated carbocycles. The Morgan fingerprint density at radius 3 is 1.55 bits per heavy atom. The molecule has 4 aromatic rings. The Labute approximate surface area is 509 Å². The lowest BCUT2D eigenvalue weighted by Gasteiger charge is -2.44. The third-order valence-electron chi connectivity index (χ3n) is 19.5. The van der Waals surface area contributed by atoms with E-state index in [-0.39, 0.29) is 69.1 Å². The van der Waals surface area contributed by atoms with E-state index in [1.165, 1.54) is 0 Å². The smallest absolute Gasteiger partial charge is 0.192 e. The fraction of sp³-hybridized carbons (Fsp3) is 0.611. The summed E-state index contributed by atoms with van der Waals surface area (Å²) >= 11 is 0. The van der Waals surface area contributed by atoms with Crippen LogP contribution in [0.2, 0.25) is 54.4 Å². The number of methoxy groups -OCH3 is 1. The molecule has 0 amide bonds. The number of aliphatic hydroxyl groups excluding tert-OH is 1. The van der Waals surface area contributed by atoms with Gasteiger partial charge in [-0.15, -0.1) is 0 Å². The molecular weight excluding hydrogens is 1080 g/mol. The Morgan fingerprint density at radius 1 is 0.590 bits per heavy atom. The summed E-state index contributed by atoms with van der Waals surface area (Å²) in [5, 5.41) is 11.9. The standard InChI is InChI=1S/C72H114O8Si3/c1-52(40-47-64(73)57(6)67-56(5)51-75-68(77-67)58-42-45-62(74-16)46-43-58)49-55(4)66(80-83(21,22)71(13,14)15)54(3)41-44-63(78-81(17,18)69(7,8)9)50-65(79-82(19,20)70(10,11)12)53(2)33-32-48-76-72(59-34-26-23-27-35-59,60-36-28-24-29-37-60)61-38-30-25-31-39-61/h23-39,41-46,52-57,63-68,73H,40,47-51H2,1-22H3/b33-32+,44-41-/t52-,53-,54-,55+,56-,57-,63+,64+,65-,66-,67-,68?/m0/s1. The summed E-state index contributed by atoms with van der Waals surface area (Å²) < 4.78 is 48.0. The van der Waals surface area contributed by atoms with Crippen LogP contribution in [0.1, 0.15) is 158 Å². The Morgan fingerprint density at radius 2 is 1.07 bits per heavy atom. The van der Waals surface area contributed by atoms with Crippen LogP contribution in [-0.2, 0) is 33.1 Å². The van der Waals surface area contributed by atoms with Gasteiger partial charge in [0.2, 0.25) is 0 Å². The van der Waals surface area contributed by atoms with Crippen LogP contribution in [0, 0.1) is 35.5 Å². The zero-order valence-corrected chi connectivity index (χ0v) is 58.8. The number of ether oxygens (including phenoxy) is 4. The van der Waals surface area contributed by atoms with Gasteiger partial charge in [0.1, 0.15) is 11.4 Å². The van der Waals surface area contributed by atoms with Crippen molar-refractivity contribution in [2.24, 2.45) is 35.5 Å². The second-order valence-corrected chi connectivity index (χ2v) is 43.6. The van der Waals surface area contributed by atoms with Gasteiger partial charge in [-0.1, -0.05) is 231 Å². The van der Waals surface area contributed by atoms with E-state index in [0.717, 1.165) is 47.3 Å². The second-order valence-electron chi connectivity index (χ2n) is 29.4. The molecule has 12 atom stereocenters. The van der Waals surface area contributed by atoms with Crippen molar-refractivity contribution < 1.29 is 37.3 Å². The third kappa shape index (κ3) is 19.0. The lowest BCUT2D eigenvalue weighted by Crippen LogP contribution is -2.48. The maximum atomic E-state index is 11.8. The molecule has 462 valence electrons. The summed E-state index contributed by atoms with van der Waals surface area (Å²) in [5.41, 5.74) is 3.40. The first-order chi connectivity index (χ1) is 38.6. The van der Waals surface area contributed by atoms with Crippen molar-refractivity contribution in [1.29, 1.82) is 0 Å². The Kier molecular flexibility index (Phi) is 25.4. The lowest BCUT2D eigenvalue weighted by molar-refractivity contribution is -0.256. The fourth-order valence-corrected chi connectivity index (χ4v) is 15.1. The Hall–Kier alpha value is -3.47. The van der Waals surface area contributed by atoms with E-state index in [1.807, 2.05) is 24.3 Å². The van der Waals surface area contributed by atoms with Crippen LogP contribution in [0.5, 0.6) is 5.75 Å². The zero-order valence-electron chi connectivity index (χ0n) is 55.8. The molecule has 4 aromatic carbocycles. The van der Waals surface area contributed by atoms with Crippen molar-refractivity contribution in [2.45, 2.75) is 226 Å². The number of hydrogen-bond donors (Lipinski definition) is 1. The van der Waals surface area contributed by atoms with E-state index in [0.29, 0.717) is 25.6 Å². The number of hydrogen-bond acceptors (Lipinski definition) is 8. The van der Waals surface area contributed by atoms with E-state index in [2.05, 4.69) is 258 Å². The lowest BCUT2D eigenvalue weighted by atomic mass is 9.80. The molecule has 0 bridgehead atoms. The molecule has 11 heteroatoms. The number of aliphatic hydroxyl groups is 1. The zero-order chi connectivity index (χ0) is 61.8. The van der Waals surface area contributed by atoms with E-state index in [4.69, 9.17) is 32.2 Å². The largest absolute Gasteiger partial charge is 0.497 e. The van der Waals surface area contributed by atoms with Crippen LogP contribution in [0.3, 0.4) is 0 Å². The van der Waals surface area contributed by atoms with Gasteiger partial charge in [0, 0.05) is 23.8 Å². The highest BCUT2D eigenvalue weighted by atomic mass is 28.4.